The predicted octanol–water partition coefficient (Wildman–Crippen LogP) is 4.17. The Morgan fingerprint density at radius 3 is 2.45 bits per heavy atom. The summed E-state index contributed by atoms with van der Waals surface area (Å²) >= 11 is 5.79. The highest BCUT2D eigenvalue weighted by Crippen LogP contribution is 2.21. The van der Waals surface area contributed by atoms with Crippen LogP contribution in [0.2, 0.25) is 5.02 Å². The highest BCUT2D eigenvalue weighted by molar-refractivity contribution is 6.34. The molecule has 0 unspecified atom stereocenters. The second-order valence-corrected chi connectivity index (χ2v) is 7.33. The monoisotopic (exact) mass is 496 g/mol. The summed E-state index contributed by atoms with van der Waals surface area (Å²) in [4.78, 5) is 30.7. The first-order valence-electron chi connectivity index (χ1n) is 9.32. The number of rotatable bonds is 7. The van der Waals surface area contributed by atoms with E-state index in [-0.39, 0.29) is 41.0 Å². The predicted molar refractivity (Wildman–Crippen MR) is 125 cm³/mol. The van der Waals surface area contributed by atoms with Gasteiger partial charge < -0.3 is 15.5 Å². The Morgan fingerprint density at radius 1 is 1.12 bits per heavy atom. The number of nitrogens with zero attached hydrogens (tertiary/aromatic N) is 3. The summed E-state index contributed by atoms with van der Waals surface area (Å²) in [7, 11) is 3.74. The average molecular weight is 497 g/mol. The van der Waals surface area contributed by atoms with Gasteiger partial charge in [0.05, 0.1) is 22.6 Å². The van der Waals surface area contributed by atoms with Gasteiger partial charge in [0.1, 0.15) is 5.82 Å². The number of carbonyl (C=O) groups is 2. The molecule has 0 bridgehead atoms. The van der Waals surface area contributed by atoms with E-state index in [1.807, 2.05) is 43.3 Å². The third kappa shape index (κ3) is 6.99. The zero-order chi connectivity index (χ0) is 23.3. The van der Waals surface area contributed by atoms with Crippen LogP contribution in [0, 0.1) is 11.6 Å². The first-order chi connectivity index (χ1) is 15.2. The van der Waals surface area contributed by atoms with Gasteiger partial charge in [-0.3, -0.25) is 14.7 Å². The first kappa shape index (κ1) is 25.8. The SMILES string of the molecule is CN(C)/C=N/c1ccc(CNC(=O)c2cc(NC(=O)c3cc(F)c(F)cc3Cl)[nH]n2)cc1.Cl. The number of aromatic amines is 1. The Hall–Kier alpha value is -3.50. The fourth-order valence-corrected chi connectivity index (χ4v) is 2.78. The standard InChI is InChI=1S/C21H19ClF2N6O2.ClH/c1-30(2)11-26-13-5-3-12(4-6-13)10-25-21(32)18-9-19(29-28-18)27-20(31)14-7-16(23)17(24)8-15(14)22;/h3-9,11H,10H2,1-2H3,(H,25,32)(H2,27,28,29,31);1H/b26-11+;. The molecule has 0 aliphatic rings. The van der Waals surface area contributed by atoms with Crippen LogP contribution < -0.4 is 10.6 Å². The van der Waals surface area contributed by atoms with E-state index in [1.165, 1.54) is 6.07 Å². The molecule has 1 aromatic heterocycles. The molecule has 0 fully saturated rings. The summed E-state index contributed by atoms with van der Waals surface area (Å²) < 4.78 is 26.6. The fourth-order valence-electron chi connectivity index (χ4n) is 2.54. The fraction of sp³-hybridized carbons (Fsp3) is 0.143. The zero-order valence-corrected chi connectivity index (χ0v) is 19.1. The number of nitrogens with one attached hydrogen (secondary N) is 3. The Kier molecular flexibility index (Phi) is 8.89. The van der Waals surface area contributed by atoms with E-state index in [0.29, 0.717) is 12.1 Å². The van der Waals surface area contributed by atoms with Gasteiger partial charge in [0.25, 0.3) is 11.8 Å². The largest absolute Gasteiger partial charge is 0.369 e. The Labute approximate surface area is 199 Å². The topological polar surface area (TPSA) is 102 Å². The van der Waals surface area contributed by atoms with Gasteiger partial charge in [0, 0.05) is 26.7 Å². The number of hydrogen-bond donors (Lipinski definition) is 3. The summed E-state index contributed by atoms with van der Waals surface area (Å²) in [5, 5.41) is 11.2. The van der Waals surface area contributed by atoms with Crippen LogP contribution in [0.25, 0.3) is 0 Å². The van der Waals surface area contributed by atoms with Crippen LogP contribution in [0.4, 0.5) is 20.3 Å². The van der Waals surface area contributed by atoms with E-state index in [4.69, 9.17) is 11.6 Å². The number of aliphatic imine (C=N–C) groups is 1. The summed E-state index contributed by atoms with van der Waals surface area (Å²) in [5.74, 6) is -3.54. The molecule has 12 heteroatoms. The number of hydrogen-bond acceptors (Lipinski definition) is 4. The normalized spacial score (nSPS) is 10.6. The van der Waals surface area contributed by atoms with Gasteiger partial charge in [-0.2, -0.15) is 5.10 Å². The van der Waals surface area contributed by atoms with Gasteiger partial charge in [0.15, 0.2) is 17.3 Å². The van der Waals surface area contributed by atoms with E-state index in [0.717, 1.165) is 11.3 Å². The maximum atomic E-state index is 13.4. The van der Waals surface area contributed by atoms with E-state index >= 15 is 0 Å². The van der Waals surface area contributed by atoms with Gasteiger partial charge in [-0.05, 0) is 29.8 Å². The van der Waals surface area contributed by atoms with Crippen LogP contribution in [0.5, 0.6) is 0 Å². The van der Waals surface area contributed by atoms with Crippen molar-refractivity contribution in [2.45, 2.75) is 6.54 Å². The molecule has 2 amide bonds. The number of carbonyl (C=O) groups excluding carboxylic acids is 2. The lowest BCUT2D eigenvalue weighted by molar-refractivity contribution is 0.0945. The molecule has 0 saturated carbocycles. The molecule has 1 heterocycles. The highest BCUT2D eigenvalue weighted by atomic mass is 35.5. The Bertz CT molecular complexity index is 1170. The molecule has 8 nitrogen and oxygen atoms in total. The summed E-state index contributed by atoms with van der Waals surface area (Å²) in [5.41, 5.74) is 1.41. The number of H-pyrrole nitrogens is 1. The van der Waals surface area contributed by atoms with Crippen molar-refractivity contribution in [1.29, 1.82) is 0 Å². The van der Waals surface area contributed by atoms with E-state index < -0.39 is 23.4 Å². The molecular weight excluding hydrogens is 477 g/mol. The van der Waals surface area contributed by atoms with Crippen molar-refractivity contribution in [2.75, 3.05) is 19.4 Å². The van der Waals surface area contributed by atoms with Crippen molar-refractivity contribution in [3.05, 3.63) is 75.9 Å². The lowest BCUT2D eigenvalue weighted by atomic mass is 10.2. The van der Waals surface area contributed by atoms with Gasteiger partial charge in [-0.25, -0.2) is 13.8 Å². The lowest BCUT2D eigenvalue weighted by Gasteiger charge is -2.05. The molecule has 0 aliphatic heterocycles. The van der Waals surface area contributed by atoms with Gasteiger partial charge in [-0.15, -0.1) is 12.4 Å². The second-order valence-electron chi connectivity index (χ2n) is 6.92. The van der Waals surface area contributed by atoms with Crippen molar-refractivity contribution >= 4 is 53.7 Å². The number of anilines is 1. The zero-order valence-electron chi connectivity index (χ0n) is 17.5. The summed E-state index contributed by atoms with van der Waals surface area (Å²) in [6.07, 6.45) is 1.69. The molecule has 0 spiro atoms. The quantitative estimate of drug-likeness (QED) is 0.259. The molecule has 174 valence electrons. The minimum Gasteiger partial charge on any atom is -0.369 e. The molecule has 0 saturated heterocycles. The molecule has 33 heavy (non-hydrogen) atoms. The molecule has 3 rings (SSSR count). The van der Waals surface area contributed by atoms with Crippen molar-refractivity contribution in [3.63, 3.8) is 0 Å². The third-order valence-corrected chi connectivity index (χ3v) is 4.45. The van der Waals surface area contributed by atoms with Crippen LogP contribution in [0.15, 0.2) is 47.5 Å². The minimum absolute atomic E-state index is 0. The highest BCUT2D eigenvalue weighted by Gasteiger charge is 2.17. The van der Waals surface area contributed by atoms with Gasteiger partial charge >= 0.3 is 0 Å². The van der Waals surface area contributed by atoms with Crippen molar-refractivity contribution in [3.8, 4) is 0 Å². The maximum absolute atomic E-state index is 13.4. The lowest BCUT2D eigenvalue weighted by Crippen LogP contribution is -2.23. The molecule has 3 N–H and O–H groups in total. The van der Waals surface area contributed by atoms with Crippen molar-refractivity contribution < 1.29 is 18.4 Å². The average Bonchev–Trinajstić information content (AvgIpc) is 3.22. The summed E-state index contributed by atoms with van der Waals surface area (Å²) in [6, 6.07) is 10.0. The van der Waals surface area contributed by atoms with Crippen molar-refractivity contribution in [2.24, 2.45) is 4.99 Å². The smallest absolute Gasteiger partial charge is 0.272 e. The van der Waals surface area contributed by atoms with Crippen LogP contribution in [-0.2, 0) is 6.54 Å². The number of halogens is 4. The minimum atomic E-state index is -1.21. The first-order valence-corrected chi connectivity index (χ1v) is 9.70. The maximum Gasteiger partial charge on any atom is 0.272 e. The van der Waals surface area contributed by atoms with Crippen LogP contribution in [0.1, 0.15) is 26.4 Å². The van der Waals surface area contributed by atoms with E-state index in [2.05, 4.69) is 25.8 Å². The molecular formula is C21H20Cl2F2N6O2. The number of benzene rings is 2. The molecule has 2 aromatic carbocycles. The van der Waals surface area contributed by atoms with Gasteiger partial charge in [0.2, 0.25) is 0 Å². The Balaban J connectivity index is 0.00000385. The molecule has 0 atom stereocenters. The van der Waals surface area contributed by atoms with Crippen LogP contribution in [-0.4, -0.2) is 47.3 Å². The third-order valence-electron chi connectivity index (χ3n) is 4.14. The number of amides is 2. The molecule has 3 aromatic rings. The van der Waals surface area contributed by atoms with Crippen molar-refractivity contribution in [1.82, 2.24) is 20.4 Å². The van der Waals surface area contributed by atoms with Gasteiger partial charge in [-0.1, -0.05) is 23.7 Å². The van der Waals surface area contributed by atoms with Crippen LogP contribution >= 0.6 is 24.0 Å². The van der Waals surface area contributed by atoms with Crippen LogP contribution in [0.3, 0.4) is 0 Å². The van der Waals surface area contributed by atoms with E-state index in [9.17, 15) is 18.4 Å². The van der Waals surface area contributed by atoms with E-state index in [1.54, 1.807) is 6.34 Å². The second kappa shape index (κ2) is 11.4. The molecule has 0 aliphatic carbocycles. The number of aromatic nitrogens is 2. The summed E-state index contributed by atoms with van der Waals surface area (Å²) in [6.45, 7) is 0.259. The Morgan fingerprint density at radius 2 is 1.79 bits per heavy atom. The molecule has 0 radical (unpaired) electrons.